The van der Waals surface area contributed by atoms with Crippen molar-refractivity contribution in [2.24, 2.45) is 0 Å². The van der Waals surface area contributed by atoms with E-state index < -0.39 is 10.0 Å². The Hall–Kier alpha value is -3.79. The first-order valence-corrected chi connectivity index (χ1v) is 15.1. The Kier molecular flexibility index (Phi) is 6.80. The van der Waals surface area contributed by atoms with Crippen molar-refractivity contribution in [3.05, 3.63) is 113 Å². The van der Waals surface area contributed by atoms with E-state index in [0.717, 1.165) is 22.2 Å². The van der Waals surface area contributed by atoms with Crippen molar-refractivity contribution in [1.29, 1.82) is 0 Å². The number of hydrogen-bond acceptors (Lipinski definition) is 6. The fourth-order valence-electron chi connectivity index (χ4n) is 4.83. The third-order valence-corrected chi connectivity index (χ3v) is 9.96. The minimum absolute atomic E-state index is 0.170. The van der Waals surface area contributed by atoms with E-state index in [9.17, 15) is 13.2 Å². The third-order valence-electron chi connectivity index (χ3n) is 7.05. The van der Waals surface area contributed by atoms with E-state index in [1.807, 2.05) is 42.5 Å². The molecule has 1 aliphatic heterocycles. The summed E-state index contributed by atoms with van der Waals surface area (Å²) in [5.41, 5.74) is 4.61. The molecule has 0 aliphatic carbocycles. The van der Waals surface area contributed by atoms with E-state index in [1.54, 1.807) is 29.4 Å². The molecule has 1 aliphatic rings. The Bertz CT molecular complexity index is 1740. The van der Waals surface area contributed by atoms with Gasteiger partial charge in [-0.05, 0) is 78.1 Å². The number of carbonyl (C=O) groups excluding carboxylic acids is 1. The van der Waals surface area contributed by atoms with Gasteiger partial charge in [0.1, 0.15) is 5.76 Å². The molecule has 0 saturated heterocycles. The van der Waals surface area contributed by atoms with E-state index in [-0.39, 0.29) is 17.3 Å². The van der Waals surface area contributed by atoms with Crippen LogP contribution < -0.4 is 4.90 Å². The van der Waals surface area contributed by atoms with Crippen LogP contribution in [0, 0.1) is 0 Å². The second-order valence-electron chi connectivity index (χ2n) is 9.50. The molecule has 0 saturated carbocycles. The first-order chi connectivity index (χ1) is 18.9. The summed E-state index contributed by atoms with van der Waals surface area (Å²) in [6, 6.07) is 23.8. The zero-order valence-corrected chi connectivity index (χ0v) is 23.0. The molecule has 7 nitrogen and oxygen atoms in total. The maximum absolute atomic E-state index is 13.8. The molecule has 0 bridgehead atoms. The SMILES string of the molecule is CCc1ccc2nc(N(Cc3ccco3)C(=O)c3ccc(S(=O)(=O)N4CCc5ccccc5C4)cc3)sc2c1. The summed E-state index contributed by atoms with van der Waals surface area (Å²) in [7, 11) is -3.70. The lowest BCUT2D eigenvalue weighted by Crippen LogP contribution is -2.36. The van der Waals surface area contributed by atoms with Gasteiger partial charge in [-0.15, -0.1) is 0 Å². The summed E-state index contributed by atoms with van der Waals surface area (Å²) in [6.45, 7) is 3.07. The summed E-state index contributed by atoms with van der Waals surface area (Å²) < 4.78 is 34.9. The molecule has 0 spiro atoms. The van der Waals surface area contributed by atoms with Gasteiger partial charge >= 0.3 is 0 Å². The monoisotopic (exact) mass is 557 g/mol. The zero-order chi connectivity index (χ0) is 27.0. The molecule has 0 fully saturated rings. The van der Waals surface area contributed by atoms with E-state index in [2.05, 4.69) is 13.0 Å². The predicted molar refractivity (Wildman–Crippen MR) is 152 cm³/mol. The van der Waals surface area contributed by atoms with Gasteiger partial charge < -0.3 is 4.42 Å². The highest BCUT2D eigenvalue weighted by atomic mass is 32.2. The molecule has 3 aromatic carbocycles. The average molecular weight is 558 g/mol. The van der Waals surface area contributed by atoms with Crippen molar-refractivity contribution >= 4 is 42.6 Å². The van der Waals surface area contributed by atoms with Gasteiger partial charge in [0, 0.05) is 18.7 Å². The van der Waals surface area contributed by atoms with Crippen LogP contribution in [0.15, 0.2) is 94.4 Å². The predicted octanol–water partition coefficient (Wildman–Crippen LogP) is 6.05. The highest BCUT2D eigenvalue weighted by Crippen LogP contribution is 2.32. The van der Waals surface area contributed by atoms with Gasteiger partial charge in [0.2, 0.25) is 10.0 Å². The summed E-state index contributed by atoms with van der Waals surface area (Å²) in [4.78, 5) is 20.2. The van der Waals surface area contributed by atoms with Crippen molar-refractivity contribution < 1.29 is 17.6 Å². The third kappa shape index (κ3) is 5.01. The van der Waals surface area contributed by atoms with Crippen LogP contribution in [0.1, 0.15) is 39.7 Å². The Labute approximate surface area is 231 Å². The molecule has 0 N–H and O–H groups in total. The highest BCUT2D eigenvalue weighted by Gasteiger charge is 2.29. The normalized spacial score (nSPS) is 13.9. The molecule has 39 heavy (non-hydrogen) atoms. The van der Waals surface area contributed by atoms with Crippen molar-refractivity contribution in [3.8, 4) is 0 Å². The minimum Gasteiger partial charge on any atom is -0.467 e. The average Bonchev–Trinajstić information content (AvgIpc) is 3.64. The van der Waals surface area contributed by atoms with Gasteiger partial charge in [0.15, 0.2) is 5.13 Å². The van der Waals surface area contributed by atoms with Crippen LogP contribution >= 0.6 is 11.3 Å². The van der Waals surface area contributed by atoms with Gasteiger partial charge in [-0.3, -0.25) is 9.69 Å². The number of nitrogens with zero attached hydrogens (tertiary/aromatic N) is 3. The summed E-state index contributed by atoms with van der Waals surface area (Å²) in [5.74, 6) is 0.346. The minimum atomic E-state index is -3.70. The molecule has 198 valence electrons. The number of aromatic nitrogens is 1. The van der Waals surface area contributed by atoms with Crippen molar-refractivity contribution in [3.63, 3.8) is 0 Å². The number of sulfonamides is 1. The van der Waals surface area contributed by atoms with E-state index in [1.165, 1.54) is 38.9 Å². The van der Waals surface area contributed by atoms with Crippen molar-refractivity contribution in [1.82, 2.24) is 9.29 Å². The fraction of sp³-hybridized carbons (Fsp3) is 0.200. The number of thiazole rings is 1. The number of aryl methyl sites for hydroxylation is 1. The highest BCUT2D eigenvalue weighted by molar-refractivity contribution is 7.89. The zero-order valence-electron chi connectivity index (χ0n) is 21.4. The molecular weight excluding hydrogens is 530 g/mol. The molecule has 6 rings (SSSR count). The van der Waals surface area contributed by atoms with Crippen LogP contribution in [-0.4, -0.2) is 30.2 Å². The summed E-state index contributed by atoms with van der Waals surface area (Å²) in [6.07, 6.45) is 3.16. The van der Waals surface area contributed by atoms with Gasteiger partial charge in [-0.25, -0.2) is 13.4 Å². The number of hydrogen-bond donors (Lipinski definition) is 0. The first kappa shape index (κ1) is 25.5. The second-order valence-corrected chi connectivity index (χ2v) is 12.5. The Morgan fingerprint density at radius 2 is 1.82 bits per heavy atom. The maximum atomic E-state index is 13.8. The number of carbonyl (C=O) groups is 1. The number of rotatable bonds is 7. The van der Waals surface area contributed by atoms with Crippen LogP contribution in [0.5, 0.6) is 0 Å². The van der Waals surface area contributed by atoms with Crippen LogP contribution in [0.3, 0.4) is 0 Å². The number of anilines is 1. The lowest BCUT2D eigenvalue weighted by molar-refractivity contribution is 0.0983. The van der Waals surface area contributed by atoms with Crippen molar-refractivity contribution in [2.75, 3.05) is 11.4 Å². The molecule has 0 atom stereocenters. The molecule has 0 unspecified atom stereocenters. The Morgan fingerprint density at radius 1 is 1.03 bits per heavy atom. The molecule has 3 heterocycles. The molecule has 5 aromatic rings. The van der Waals surface area contributed by atoms with Crippen LogP contribution in [0.4, 0.5) is 5.13 Å². The fourth-order valence-corrected chi connectivity index (χ4v) is 7.27. The summed E-state index contributed by atoms with van der Waals surface area (Å²) in [5, 5.41) is 0.559. The van der Waals surface area contributed by atoms with E-state index >= 15 is 0 Å². The van der Waals surface area contributed by atoms with Gasteiger partial charge in [-0.2, -0.15) is 4.31 Å². The van der Waals surface area contributed by atoms with Gasteiger partial charge in [0.25, 0.3) is 5.91 Å². The largest absolute Gasteiger partial charge is 0.467 e. The van der Waals surface area contributed by atoms with Crippen LogP contribution in [-0.2, 0) is 36.0 Å². The number of amides is 1. The molecule has 1 amide bonds. The lowest BCUT2D eigenvalue weighted by Gasteiger charge is -2.28. The van der Waals surface area contributed by atoms with Gasteiger partial charge in [0.05, 0.1) is 27.9 Å². The van der Waals surface area contributed by atoms with E-state index in [0.29, 0.717) is 36.0 Å². The standard InChI is InChI=1S/C30H27N3O4S2/c1-2-21-9-14-27-28(18-21)38-30(31-27)33(20-25-8-5-17-37-25)29(34)23-10-12-26(13-11-23)39(35,36)32-16-15-22-6-3-4-7-24(22)19-32/h3-14,17-18H,2,15-16,19-20H2,1H3. The summed E-state index contributed by atoms with van der Waals surface area (Å²) >= 11 is 1.45. The topological polar surface area (TPSA) is 83.7 Å². The first-order valence-electron chi connectivity index (χ1n) is 12.8. The molecule has 9 heteroatoms. The molecular formula is C30H27N3O4S2. The lowest BCUT2D eigenvalue weighted by atomic mass is 10.0. The number of fused-ring (bicyclic) bond motifs is 2. The molecule has 2 aromatic heterocycles. The smallest absolute Gasteiger partial charge is 0.260 e. The number of benzene rings is 3. The Morgan fingerprint density at radius 3 is 2.56 bits per heavy atom. The second kappa shape index (κ2) is 10.4. The van der Waals surface area contributed by atoms with Crippen LogP contribution in [0.25, 0.3) is 10.2 Å². The van der Waals surface area contributed by atoms with Crippen LogP contribution in [0.2, 0.25) is 0 Å². The van der Waals surface area contributed by atoms with Crippen molar-refractivity contribution in [2.45, 2.75) is 37.8 Å². The van der Waals surface area contributed by atoms with Gasteiger partial charge in [-0.1, -0.05) is 48.6 Å². The maximum Gasteiger partial charge on any atom is 0.260 e. The van der Waals surface area contributed by atoms with E-state index in [4.69, 9.17) is 9.40 Å². The molecule has 0 radical (unpaired) electrons. The number of furan rings is 1. The Balaban J connectivity index is 1.28. The quantitative estimate of drug-likeness (QED) is 0.243.